The molecule has 0 amide bonds. The molecule has 0 radical (unpaired) electrons. The zero-order chi connectivity index (χ0) is 7.98. The predicted molar refractivity (Wildman–Crippen MR) is 37.5 cm³/mol. The molecule has 0 aliphatic rings. The molecule has 0 aliphatic carbocycles. The first-order chi connectivity index (χ1) is 4.70. The highest BCUT2D eigenvalue weighted by molar-refractivity contribution is 7.74. The first-order valence-electron chi connectivity index (χ1n) is 3.23. The van der Waals surface area contributed by atoms with Crippen LogP contribution >= 0.6 is 0 Å². The van der Waals surface area contributed by atoms with Crippen LogP contribution < -0.4 is 0 Å². The summed E-state index contributed by atoms with van der Waals surface area (Å²) in [5.74, 6) is 0. The van der Waals surface area contributed by atoms with Crippen LogP contribution in [0.15, 0.2) is 0 Å². The molecular formula is C5H12NO3S-. The maximum atomic E-state index is 9.98. The minimum Gasteiger partial charge on any atom is -0.748 e. The van der Waals surface area contributed by atoms with Crippen LogP contribution in [0.25, 0.3) is 0 Å². The Morgan fingerprint density at radius 1 is 1.60 bits per heavy atom. The molecule has 1 atom stereocenters. The third-order valence-electron chi connectivity index (χ3n) is 0.992. The van der Waals surface area contributed by atoms with E-state index in [1.54, 1.807) is 0 Å². The van der Waals surface area contributed by atoms with Crippen molar-refractivity contribution in [2.45, 2.75) is 20.3 Å². The maximum absolute atomic E-state index is 9.98. The van der Waals surface area contributed by atoms with Crippen LogP contribution in [-0.2, 0) is 15.6 Å². The van der Waals surface area contributed by atoms with E-state index < -0.39 is 11.4 Å². The number of nitrogens with zero attached hydrogens (tertiary/aromatic N) is 1. The second kappa shape index (κ2) is 5.79. The van der Waals surface area contributed by atoms with Gasteiger partial charge in [0.05, 0.1) is 0 Å². The van der Waals surface area contributed by atoms with E-state index in [9.17, 15) is 8.76 Å². The van der Waals surface area contributed by atoms with Gasteiger partial charge in [-0.3, -0.25) is 0 Å². The van der Waals surface area contributed by atoms with Gasteiger partial charge < -0.3 is 4.55 Å². The summed E-state index contributed by atoms with van der Waals surface area (Å²) < 4.78 is 24.3. The van der Waals surface area contributed by atoms with E-state index in [4.69, 9.17) is 0 Å². The van der Waals surface area contributed by atoms with Crippen LogP contribution in [0, 0.1) is 0 Å². The molecule has 0 heterocycles. The van der Waals surface area contributed by atoms with Crippen LogP contribution in [0.4, 0.5) is 0 Å². The Morgan fingerprint density at radius 2 is 2.20 bits per heavy atom. The maximum Gasteiger partial charge on any atom is 0.106 e. The zero-order valence-electron chi connectivity index (χ0n) is 6.20. The summed E-state index contributed by atoms with van der Waals surface area (Å²) in [4.78, 5) is 0. The number of rotatable bonds is 5. The summed E-state index contributed by atoms with van der Waals surface area (Å²) in [6.45, 7) is 5.02. The molecule has 0 bridgehead atoms. The van der Waals surface area contributed by atoms with Crippen LogP contribution in [0.3, 0.4) is 0 Å². The van der Waals surface area contributed by atoms with Gasteiger partial charge in [-0.25, -0.2) is 8.49 Å². The van der Waals surface area contributed by atoms with Crippen molar-refractivity contribution in [1.29, 1.82) is 0 Å². The van der Waals surface area contributed by atoms with Crippen molar-refractivity contribution in [2.75, 3.05) is 13.1 Å². The monoisotopic (exact) mass is 166 g/mol. The molecule has 0 saturated heterocycles. The summed E-state index contributed by atoms with van der Waals surface area (Å²) in [6, 6.07) is 0. The van der Waals surface area contributed by atoms with Gasteiger partial charge >= 0.3 is 0 Å². The molecule has 0 aliphatic heterocycles. The smallest absolute Gasteiger partial charge is 0.106 e. The van der Waals surface area contributed by atoms with Gasteiger partial charge in [-0.1, -0.05) is 13.8 Å². The van der Waals surface area contributed by atoms with E-state index >= 15 is 0 Å². The molecule has 0 rings (SSSR count). The summed E-state index contributed by atoms with van der Waals surface area (Å²) in [6.07, 6.45) is 0.880. The molecule has 0 aromatic heterocycles. The third kappa shape index (κ3) is 4.87. The SMILES string of the molecule is CCCN(CC)OS(=O)[O-]. The van der Waals surface area contributed by atoms with E-state index in [-0.39, 0.29) is 0 Å². The van der Waals surface area contributed by atoms with Gasteiger partial charge in [-0.15, -0.1) is 0 Å². The Morgan fingerprint density at radius 3 is 2.50 bits per heavy atom. The Kier molecular flexibility index (Phi) is 5.81. The van der Waals surface area contributed by atoms with Crippen molar-refractivity contribution in [3.8, 4) is 0 Å². The van der Waals surface area contributed by atoms with E-state index in [1.807, 2.05) is 13.8 Å². The first kappa shape index (κ1) is 10.0. The second-order valence-corrected chi connectivity index (χ2v) is 2.36. The van der Waals surface area contributed by atoms with Crippen molar-refractivity contribution in [3.05, 3.63) is 0 Å². The van der Waals surface area contributed by atoms with E-state index in [0.29, 0.717) is 13.1 Å². The molecule has 4 nitrogen and oxygen atoms in total. The van der Waals surface area contributed by atoms with Crippen molar-refractivity contribution in [3.63, 3.8) is 0 Å². The molecule has 0 N–H and O–H groups in total. The van der Waals surface area contributed by atoms with Crippen LogP contribution in [0.1, 0.15) is 20.3 Å². The average molecular weight is 166 g/mol. The van der Waals surface area contributed by atoms with Gasteiger partial charge in [0.25, 0.3) is 0 Å². The lowest BCUT2D eigenvalue weighted by Gasteiger charge is -2.18. The fourth-order valence-electron chi connectivity index (χ4n) is 0.584. The molecule has 1 unspecified atom stereocenters. The highest BCUT2D eigenvalue weighted by atomic mass is 32.2. The molecule has 62 valence electrons. The first-order valence-corrected chi connectivity index (χ1v) is 4.23. The zero-order valence-corrected chi connectivity index (χ0v) is 7.02. The lowest BCUT2D eigenvalue weighted by atomic mass is 10.5. The summed E-state index contributed by atoms with van der Waals surface area (Å²) in [5, 5.41) is 1.39. The Labute approximate surface area is 63.6 Å². The van der Waals surface area contributed by atoms with Crippen LogP contribution in [0.2, 0.25) is 0 Å². The largest absolute Gasteiger partial charge is 0.748 e. The Bertz CT molecular complexity index is 109. The van der Waals surface area contributed by atoms with Crippen LogP contribution in [0.5, 0.6) is 0 Å². The fraction of sp³-hybridized carbons (Fsp3) is 1.00. The molecule has 5 heteroatoms. The average Bonchev–Trinajstić information content (AvgIpc) is 1.86. The fourth-order valence-corrected chi connectivity index (χ4v) is 0.936. The lowest BCUT2D eigenvalue weighted by Crippen LogP contribution is -2.25. The van der Waals surface area contributed by atoms with Crippen molar-refractivity contribution in [1.82, 2.24) is 5.06 Å². The standard InChI is InChI=1S/C5H13NO3S/c1-3-5-6(4-2)9-10(7)8/h3-5H2,1-2H3,(H,7,8)/p-1. The Hall–Kier alpha value is 0.0300. The number of hydrogen-bond donors (Lipinski definition) is 0. The van der Waals surface area contributed by atoms with Gasteiger partial charge in [0.1, 0.15) is 11.4 Å². The molecule has 0 aromatic rings. The normalized spacial score (nSPS) is 14.0. The number of hydroxylamine groups is 2. The summed E-state index contributed by atoms with van der Waals surface area (Å²) >= 11 is -2.42. The van der Waals surface area contributed by atoms with E-state index in [2.05, 4.69) is 4.28 Å². The Balaban J connectivity index is 3.49. The lowest BCUT2D eigenvalue weighted by molar-refractivity contribution is -0.0484. The highest BCUT2D eigenvalue weighted by Crippen LogP contribution is 1.93. The summed E-state index contributed by atoms with van der Waals surface area (Å²) in [7, 11) is 0. The quantitative estimate of drug-likeness (QED) is 0.439. The van der Waals surface area contributed by atoms with Crippen molar-refractivity contribution >= 4 is 11.4 Å². The van der Waals surface area contributed by atoms with Crippen LogP contribution in [-0.4, -0.2) is 26.9 Å². The van der Waals surface area contributed by atoms with Crippen molar-refractivity contribution in [2.24, 2.45) is 0 Å². The molecule has 10 heavy (non-hydrogen) atoms. The van der Waals surface area contributed by atoms with Gasteiger partial charge in [0.15, 0.2) is 0 Å². The molecule has 0 saturated carbocycles. The molecule has 0 spiro atoms. The minimum atomic E-state index is -2.42. The van der Waals surface area contributed by atoms with Gasteiger partial charge in [0.2, 0.25) is 0 Å². The molecule has 0 aromatic carbocycles. The van der Waals surface area contributed by atoms with Gasteiger partial charge in [0, 0.05) is 13.1 Å². The predicted octanol–water partition coefficient (Wildman–Crippen LogP) is 0.444. The number of hydrogen-bond acceptors (Lipinski definition) is 4. The highest BCUT2D eigenvalue weighted by Gasteiger charge is 1.99. The van der Waals surface area contributed by atoms with E-state index in [1.165, 1.54) is 5.06 Å². The topological polar surface area (TPSA) is 52.6 Å². The minimum absolute atomic E-state index is 0.585. The van der Waals surface area contributed by atoms with Gasteiger partial charge in [-0.05, 0) is 6.42 Å². The second-order valence-electron chi connectivity index (χ2n) is 1.80. The molecule has 0 fully saturated rings. The summed E-state index contributed by atoms with van der Waals surface area (Å²) in [5.41, 5.74) is 0. The molecular weight excluding hydrogens is 154 g/mol. The van der Waals surface area contributed by atoms with E-state index in [0.717, 1.165) is 6.42 Å². The third-order valence-corrected chi connectivity index (χ3v) is 1.32. The van der Waals surface area contributed by atoms with Gasteiger partial charge in [-0.2, -0.15) is 5.06 Å². The van der Waals surface area contributed by atoms with Crippen molar-refractivity contribution < 1.29 is 13.0 Å².